The van der Waals surface area contributed by atoms with Crippen LogP contribution in [0.25, 0.3) is 5.57 Å². The van der Waals surface area contributed by atoms with Crippen molar-refractivity contribution in [2.45, 2.75) is 20.3 Å². The summed E-state index contributed by atoms with van der Waals surface area (Å²) in [4.78, 5) is 4.53. The summed E-state index contributed by atoms with van der Waals surface area (Å²) < 4.78 is 25.2. The van der Waals surface area contributed by atoms with Crippen LogP contribution in [0.2, 0.25) is 0 Å². The summed E-state index contributed by atoms with van der Waals surface area (Å²) in [6, 6.07) is 14.4. The third kappa shape index (κ3) is 3.51. The van der Waals surface area contributed by atoms with Crippen LogP contribution < -0.4 is 0 Å². The lowest BCUT2D eigenvalue weighted by Gasteiger charge is -2.19. The molecule has 5 heteroatoms. The SMILES string of the molecule is Cc1cc(C)c2c(c1)CC(N(C)S(C)(=O)=O)=NC=C2c1ccccc1. The van der Waals surface area contributed by atoms with E-state index in [0.717, 1.165) is 27.8 Å². The second-order valence-corrected chi connectivity index (χ2v) is 8.49. The van der Waals surface area contributed by atoms with Crippen LogP contribution in [0.1, 0.15) is 27.8 Å². The predicted molar refractivity (Wildman–Crippen MR) is 103 cm³/mol. The molecule has 0 aromatic heterocycles. The normalized spacial score (nSPS) is 14.2. The van der Waals surface area contributed by atoms with Crippen molar-refractivity contribution in [1.29, 1.82) is 0 Å². The molecule has 1 aliphatic heterocycles. The molecule has 0 amide bonds. The number of amidine groups is 1. The van der Waals surface area contributed by atoms with Gasteiger partial charge in [-0.3, -0.25) is 4.31 Å². The molecule has 1 heterocycles. The molecule has 0 N–H and O–H groups in total. The number of hydrogen-bond acceptors (Lipinski definition) is 3. The molecule has 0 atom stereocenters. The Morgan fingerprint density at radius 1 is 1.08 bits per heavy atom. The summed E-state index contributed by atoms with van der Waals surface area (Å²) in [6.45, 7) is 4.15. The fraction of sp³-hybridized carbons (Fsp3) is 0.250. The lowest BCUT2D eigenvalue weighted by molar-refractivity contribution is 0.557. The average molecular weight is 354 g/mol. The van der Waals surface area contributed by atoms with Gasteiger partial charge in [0.25, 0.3) is 0 Å². The Kier molecular flexibility index (Phi) is 4.52. The van der Waals surface area contributed by atoms with E-state index in [2.05, 4.69) is 43.1 Å². The van der Waals surface area contributed by atoms with Gasteiger partial charge in [0.05, 0.1) is 6.26 Å². The van der Waals surface area contributed by atoms with Crippen molar-refractivity contribution < 1.29 is 8.42 Å². The summed E-state index contributed by atoms with van der Waals surface area (Å²) in [5, 5.41) is 0. The van der Waals surface area contributed by atoms with Crippen LogP contribution >= 0.6 is 0 Å². The molecule has 1 aliphatic rings. The molecule has 130 valence electrons. The molecular formula is C20H22N2O2S. The smallest absolute Gasteiger partial charge is 0.232 e. The van der Waals surface area contributed by atoms with Crippen LogP contribution in [-0.4, -0.2) is 31.9 Å². The third-order valence-corrected chi connectivity index (χ3v) is 5.67. The number of aliphatic imine (C=N–C) groups is 1. The van der Waals surface area contributed by atoms with Crippen LogP contribution in [0.15, 0.2) is 53.7 Å². The Bertz CT molecular complexity index is 974. The molecule has 3 rings (SSSR count). The van der Waals surface area contributed by atoms with Crippen molar-refractivity contribution in [2.75, 3.05) is 13.3 Å². The van der Waals surface area contributed by atoms with Gasteiger partial charge in [0.2, 0.25) is 10.0 Å². The minimum Gasteiger partial charge on any atom is -0.260 e. The maximum absolute atomic E-state index is 12.0. The van der Waals surface area contributed by atoms with Crippen molar-refractivity contribution in [3.63, 3.8) is 0 Å². The standard InChI is InChI=1S/C20H22N2O2S/c1-14-10-15(2)20-17(11-14)12-19(22(3)25(4,23)24)21-13-18(20)16-8-6-5-7-9-16/h5-11,13H,12H2,1-4H3. The topological polar surface area (TPSA) is 49.7 Å². The molecule has 0 unspecified atom stereocenters. The number of sulfonamides is 1. The molecule has 0 radical (unpaired) electrons. The zero-order chi connectivity index (χ0) is 18.2. The maximum atomic E-state index is 12.0. The van der Waals surface area contributed by atoms with Gasteiger partial charge in [-0.25, -0.2) is 13.4 Å². The number of benzene rings is 2. The number of rotatable bonds is 2. The number of likely N-dealkylation sites (N-methyl/N-ethyl adjacent to an activating group) is 1. The first-order chi connectivity index (χ1) is 11.8. The monoisotopic (exact) mass is 354 g/mol. The second kappa shape index (κ2) is 6.48. The maximum Gasteiger partial charge on any atom is 0.232 e. The number of fused-ring (bicyclic) bond motifs is 1. The second-order valence-electron chi connectivity index (χ2n) is 6.48. The first-order valence-corrected chi connectivity index (χ1v) is 9.99. The Balaban J connectivity index is 2.24. The molecule has 0 spiro atoms. The lowest BCUT2D eigenvalue weighted by atomic mass is 9.89. The molecule has 0 saturated heterocycles. The molecule has 0 fully saturated rings. The Morgan fingerprint density at radius 3 is 2.40 bits per heavy atom. The van der Waals surface area contributed by atoms with Crippen LogP contribution in [0.5, 0.6) is 0 Å². The number of aryl methyl sites for hydroxylation is 2. The quantitative estimate of drug-likeness (QED) is 0.828. The zero-order valence-electron chi connectivity index (χ0n) is 14.9. The fourth-order valence-electron chi connectivity index (χ4n) is 3.22. The van der Waals surface area contributed by atoms with E-state index in [-0.39, 0.29) is 0 Å². The first kappa shape index (κ1) is 17.4. The van der Waals surface area contributed by atoms with Crippen LogP contribution in [-0.2, 0) is 16.4 Å². The van der Waals surface area contributed by atoms with Crippen molar-refractivity contribution in [3.8, 4) is 0 Å². The van der Waals surface area contributed by atoms with Gasteiger partial charge in [-0.2, -0.15) is 0 Å². The highest BCUT2D eigenvalue weighted by Crippen LogP contribution is 2.33. The summed E-state index contributed by atoms with van der Waals surface area (Å²) in [6.07, 6.45) is 3.47. The lowest BCUT2D eigenvalue weighted by Crippen LogP contribution is -2.33. The van der Waals surface area contributed by atoms with Gasteiger partial charge < -0.3 is 0 Å². The molecule has 0 saturated carbocycles. The van der Waals surface area contributed by atoms with Crippen molar-refractivity contribution in [3.05, 3.63) is 76.5 Å². The average Bonchev–Trinajstić information content (AvgIpc) is 2.73. The summed E-state index contributed by atoms with van der Waals surface area (Å²) in [5.41, 5.74) is 6.65. The highest BCUT2D eigenvalue weighted by atomic mass is 32.2. The molecule has 4 nitrogen and oxygen atoms in total. The highest BCUT2D eigenvalue weighted by Gasteiger charge is 2.22. The van der Waals surface area contributed by atoms with Gasteiger partial charge in [0.15, 0.2) is 0 Å². The van der Waals surface area contributed by atoms with E-state index in [4.69, 9.17) is 0 Å². The highest BCUT2D eigenvalue weighted by molar-refractivity contribution is 7.88. The van der Waals surface area contributed by atoms with Gasteiger partial charge in [-0.15, -0.1) is 0 Å². The largest absolute Gasteiger partial charge is 0.260 e. The molecule has 0 aliphatic carbocycles. The van der Waals surface area contributed by atoms with Crippen LogP contribution in [0.4, 0.5) is 0 Å². The molecule has 25 heavy (non-hydrogen) atoms. The van der Waals surface area contributed by atoms with Crippen LogP contribution in [0, 0.1) is 13.8 Å². The van der Waals surface area contributed by atoms with E-state index >= 15 is 0 Å². The van der Waals surface area contributed by atoms with Crippen molar-refractivity contribution >= 4 is 21.4 Å². The number of nitrogens with zero attached hydrogens (tertiary/aromatic N) is 2. The molecule has 2 aromatic rings. The van der Waals surface area contributed by atoms with Gasteiger partial charge in [0.1, 0.15) is 5.84 Å². The Hall–Kier alpha value is -2.40. The van der Waals surface area contributed by atoms with E-state index in [9.17, 15) is 8.42 Å². The van der Waals surface area contributed by atoms with E-state index in [1.54, 1.807) is 13.2 Å². The van der Waals surface area contributed by atoms with Gasteiger partial charge in [0, 0.05) is 25.2 Å². The summed E-state index contributed by atoms with van der Waals surface area (Å²) in [7, 11) is -1.80. The molecule has 2 aromatic carbocycles. The van der Waals surface area contributed by atoms with Crippen molar-refractivity contribution in [1.82, 2.24) is 4.31 Å². The minimum absolute atomic E-state index is 0.480. The van der Waals surface area contributed by atoms with E-state index < -0.39 is 10.0 Å². The molecular weight excluding hydrogens is 332 g/mol. The Labute approximate surface area is 149 Å². The molecule has 0 bridgehead atoms. The van der Waals surface area contributed by atoms with Gasteiger partial charge in [-0.05, 0) is 36.1 Å². The van der Waals surface area contributed by atoms with E-state index in [1.165, 1.54) is 16.1 Å². The number of hydrogen-bond donors (Lipinski definition) is 0. The van der Waals surface area contributed by atoms with Crippen molar-refractivity contribution in [2.24, 2.45) is 4.99 Å². The van der Waals surface area contributed by atoms with E-state index in [0.29, 0.717) is 12.3 Å². The summed E-state index contributed by atoms with van der Waals surface area (Å²) >= 11 is 0. The predicted octanol–water partition coefficient (Wildman–Crippen LogP) is 3.54. The zero-order valence-corrected chi connectivity index (χ0v) is 15.8. The third-order valence-electron chi connectivity index (χ3n) is 4.47. The minimum atomic E-state index is -3.35. The van der Waals surface area contributed by atoms with Gasteiger partial charge >= 0.3 is 0 Å². The van der Waals surface area contributed by atoms with Gasteiger partial charge in [-0.1, -0.05) is 48.0 Å². The first-order valence-electron chi connectivity index (χ1n) is 8.14. The fourth-order valence-corrected chi connectivity index (χ4v) is 3.72. The summed E-state index contributed by atoms with van der Waals surface area (Å²) in [5.74, 6) is 0.527. The van der Waals surface area contributed by atoms with Crippen LogP contribution in [0.3, 0.4) is 0 Å². The van der Waals surface area contributed by atoms with E-state index in [1.807, 2.05) is 18.2 Å². The Morgan fingerprint density at radius 2 is 1.76 bits per heavy atom.